The maximum absolute atomic E-state index is 12.3. The average Bonchev–Trinajstić information content (AvgIpc) is 2.43. The molecule has 0 aliphatic rings. The second-order valence-electron chi connectivity index (χ2n) is 5.13. The molecule has 0 fully saturated rings. The normalized spacial score (nSPS) is 13.4. The lowest BCUT2D eigenvalue weighted by Gasteiger charge is -2.20. The van der Waals surface area contributed by atoms with Crippen molar-refractivity contribution in [2.75, 3.05) is 6.61 Å². The van der Waals surface area contributed by atoms with Gasteiger partial charge >= 0.3 is 5.97 Å². The van der Waals surface area contributed by atoms with Crippen molar-refractivity contribution in [1.29, 1.82) is 0 Å². The fourth-order valence-corrected chi connectivity index (χ4v) is 3.28. The molecule has 3 N–H and O–H groups in total. The Balaban J connectivity index is 3.20. The van der Waals surface area contributed by atoms with Crippen molar-refractivity contribution < 1.29 is 23.4 Å². The Labute approximate surface area is 124 Å². The number of aliphatic hydroxyl groups excluding tert-OH is 1. The van der Waals surface area contributed by atoms with Gasteiger partial charge in [0.25, 0.3) is 0 Å². The summed E-state index contributed by atoms with van der Waals surface area (Å²) in [7, 11) is -3.87. The van der Waals surface area contributed by atoms with Crippen molar-refractivity contribution in [2.45, 2.75) is 38.1 Å². The zero-order valence-corrected chi connectivity index (χ0v) is 13.1. The van der Waals surface area contributed by atoms with Crippen LogP contribution in [0.3, 0.4) is 0 Å². The zero-order valence-electron chi connectivity index (χ0n) is 12.3. The number of benzene rings is 1. The van der Waals surface area contributed by atoms with E-state index in [0.29, 0.717) is 12.0 Å². The van der Waals surface area contributed by atoms with Gasteiger partial charge in [0, 0.05) is 6.04 Å². The highest BCUT2D eigenvalue weighted by Gasteiger charge is 2.23. The molecular weight excluding hydrogens is 294 g/mol. The molecule has 0 aliphatic carbocycles. The number of nitrogens with one attached hydrogen (secondary N) is 1. The van der Waals surface area contributed by atoms with Crippen LogP contribution in [-0.2, 0) is 16.4 Å². The molecular formula is C14H21NO5S. The standard InChI is InChI=1S/C14H21NO5S/c1-4-10-5-6-11(7-12(10)14(17)18)21(19,20)15-13(8-16)9(2)3/h5-7,9,13,15-16H,4,8H2,1-3H3,(H,17,18)/t13-/m1/s1. The van der Waals surface area contributed by atoms with Gasteiger partial charge in [0.2, 0.25) is 10.0 Å². The fraction of sp³-hybridized carbons (Fsp3) is 0.500. The van der Waals surface area contributed by atoms with E-state index in [2.05, 4.69) is 4.72 Å². The van der Waals surface area contributed by atoms with Gasteiger partial charge in [-0.3, -0.25) is 0 Å². The SMILES string of the molecule is CCc1ccc(S(=O)(=O)N[C@H](CO)C(C)C)cc1C(=O)O. The highest BCUT2D eigenvalue weighted by molar-refractivity contribution is 7.89. The highest BCUT2D eigenvalue weighted by atomic mass is 32.2. The maximum Gasteiger partial charge on any atom is 0.336 e. The van der Waals surface area contributed by atoms with E-state index in [4.69, 9.17) is 5.11 Å². The summed E-state index contributed by atoms with van der Waals surface area (Å²) < 4.78 is 26.9. The summed E-state index contributed by atoms with van der Waals surface area (Å²) in [6.45, 7) is 5.04. The Bertz CT molecular complexity index is 610. The average molecular weight is 315 g/mol. The van der Waals surface area contributed by atoms with Crippen molar-refractivity contribution in [3.05, 3.63) is 29.3 Å². The number of aryl methyl sites for hydroxylation is 1. The molecule has 0 amide bonds. The van der Waals surface area contributed by atoms with Gasteiger partial charge in [-0.25, -0.2) is 17.9 Å². The van der Waals surface area contributed by atoms with Gasteiger partial charge in [-0.1, -0.05) is 26.8 Å². The molecule has 0 saturated carbocycles. The molecule has 0 unspecified atom stereocenters. The minimum Gasteiger partial charge on any atom is -0.478 e. The van der Waals surface area contributed by atoms with Crippen molar-refractivity contribution in [3.8, 4) is 0 Å². The Morgan fingerprint density at radius 2 is 1.95 bits per heavy atom. The number of carboxylic acids is 1. The predicted octanol–water partition coefficient (Wildman–Crippen LogP) is 1.24. The van der Waals surface area contributed by atoms with E-state index in [9.17, 15) is 18.3 Å². The molecule has 0 bridgehead atoms. The molecule has 0 radical (unpaired) electrons. The Morgan fingerprint density at radius 1 is 1.33 bits per heavy atom. The van der Waals surface area contributed by atoms with Crippen LogP contribution in [0.4, 0.5) is 0 Å². The van der Waals surface area contributed by atoms with E-state index >= 15 is 0 Å². The van der Waals surface area contributed by atoms with Crippen LogP contribution in [0.1, 0.15) is 36.7 Å². The molecule has 0 spiro atoms. The third-order valence-electron chi connectivity index (χ3n) is 3.31. The number of sulfonamides is 1. The monoisotopic (exact) mass is 315 g/mol. The van der Waals surface area contributed by atoms with Crippen LogP contribution in [0, 0.1) is 5.92 Å². The van der Waals surface area contributed by atoms with Crippen LogP contribution < -0.4 is 4.72 Å². The summed E-state index contributed by atoms with van der Waals surface area (Å²) in [5.41, 5.74) is 0.550. The molecule has 1 rings (SSSR count). The number of aliphatic hydroxyl groups is 1. The van der Waals surface area contributed by atoms with E-state index in [1.54, 1.807) is 20.8 Å². The lowest BCUT2D eigenvalue weighted by atomic mass is 10.1. The van der Waals surface area contributed by atoms with Gasteiger partial charge in [-0.2, -0.15) is 0 Å². The van der Waals surface area contributed by atoms with E-state index in [0.717, 1.165) is 6.07 Å². The summed E-state index contributed by atoms with van der Waals surface area (Å²) >= 11 is 0. The molecule has 0 saturated heterocycles. The van der Waals surface area contributed by atoms with E-state index in [-0.39, 0.29) is 23.0 Å². The molecule has 7 heteroatoms. The number of hydrogen-bond acceptors (Lipinski definition) is 4. The summed E-state index contributed by atoms with van der Waals surface area (Å²) in [6.07, 6.45) is 0.501. The Hall–Kier alpha value is -1.44. The van der Waals surface area contributed by atoms with Crippen molar-refractivity contribution in [2.24, 2.45) is 5.92 Å². The van der Waals surface area contributed by atoms with Gasteiger partial charge in [-0.15, -0.1) is 0 Å². The lowest BCUT2D eigenvalue weighted by molar-refractivity contribution is 0.0695. The molecule has 118 valence electrons. The smallest absolute Gasteiger partial charge is 0.336 e. The third kappa shape index (κ3) is 4.26. The maximum atomic E-state index is 12.3. The Morgan fingerprint density at radius 3 is 2.38 bits per heavy atom. The van der Waals surface area contributed by atoms with E-state index < -0.39 is 22.0 Å². The van der Waals surface area contributed by atoms with Crippen LogP contribution in [0.15, 0.2) is 23.1 Å². The molecule has 0 aromatic heterocycles. The number of aromatic carboxylic acids is 1. The van der Waals surface area contributed by atoms with Crippen LogP contribution in [-0.4, -0.2) is 37.2 Å². The van der Waals surface area contributed by atoms with E-state index in [1.165, 1.54) is 12.1 Å². The van der Waals surface area contributed by atoms with Gasteiger partial charge in [0.05, 0.1) is 17.1 Å². The topological polar surface area (TPSA) is 104 Å². The highest BCUT2D eigenvalue weighted by Crippen LogP contribution is 2.18. The largest absolute Gasteiger partial charge is 0.478 e. The second-order valence-corrected chi connectivity index (χ2v) is 6.85. The molecule has 1 aromatic carbocycles. The predicted molar refractivity (Wildman–Crippen MR) is 78.8 cm³/mol. The lowest BCUT2D eigenvalue weighted by Crippen LogP contribution is -2.41. The van der Waals surface area contributed by atoms with E-state index in [1.807, 2.05) is 0 Å². The molecule has 0 aliphatic heterocycles. The minimum absolute atomic E-state index is 0.0227. The van der Waals surface area contributed by atoms with Crippen LogP contribution in [0.25, 0.3) is 0 Å². The molecule has 1 atom stereocenters. The summed E-state index contributed by atoms with van der Waals surface area (Å²) in [4.78, 5) is 11.1. The van der Waals surface area contributed by atoms with Crippen LogP contribution in [0.5, 0.6) is 0 Å². The summed E-state index contributed by atoms with van der Waals surface area (Å²) in [5, 5.41) is 18.4. The quantitative estimate of drug-likeness (QED) is 0.702. The van der Waals surface area contributed by atoms with Crippen LogP contribution >= 0.6 is 0 Å². The third-order valence-corrected chi connectivity index (χ3v) is 4.80. The summed E-state index contributed by atoms with van der Waals surface area (Å²) in [6, 6.07) is 3.41. The van der Waals surface area contributed by atoms with Gasteiger partial charge in [-0.05, 0) is 30.0 Å². The van der Waals surface area contributed by atoms with Crippen molar-refractivity contribution in [3.63, 3.8) is 0 Å². The first-order valence-corrected chi connectivity index (χ1v) is 8.20. The second kappa shape index (κ2) is 7.02. The van der Waals surface area contributed by atoms with Gasteiger partial charge in [0.15, 0.2) is 0 Å². The molecule has 1 aromatic rings. The van der Waals surface area contributed by atoms with Gasteiger partial charge < -0.3 is 10.2 Å². The first kappa shape index (κ1) is 17.6. The number of hydrogen-bond donors (Lipinski definition) is 3. The molecule has 21 heavy (non-hydrogen) atoms. The molecule has 0 heterocycles. The minimum atomic E-state index is -3.87. The number of rotatable bonds is 7. The Kier molecular flexibility index (Phi) is 5.88. The number of carbonyl (C=O) groups is 1. The first-order valence-electron chi connectivity index (χ1n) is 6.72. The van der Waals surface area contributed by atoms with Crippen molar-refractivity contribution in [1.82, 2.24) is 4.72 Å². The summed E-state index contributed by atoms with van der Waals surface area (Å²) in [5.74, 6) is -1.25. The zero-order chi connectivity index (χ0) is 16.2. The molecule has 6 nitrogen and oxygen atoms in total. The van der Waals surface area contributed by atoms with Crippen molar-refractivity contribution >= 4 is 16.0 Å². The number of carboxylic acid groups (broad SMARTS) is 1. The fourth-order valence-electron chi connectivity index (χ4n) is 1.88. The van der Waals surface area contributed by atoms with Crippen LogP contribution in [0.2, 0.25) is 0 Å². The van der Waals surface area contributed by atoms with Gasteiger partial charge in [0.1, 0.15) is 0 Å². The first-order chi connectivity index (χ1) is 9.72.